The van der Waals surface area contributed by atoms with Gasteiger partial charge in [-0.25, -0.2) is 9.78 Å². The van der Waals surface area contributed by atoms with Crippen molar-refractivity contribution in [2.75, 3.05) is 0 Å². The van der Waals surface area contributed by atoms with Crippen LogP contribution in [0.25, 0.3) is 17.0 Å². The van der Waals surface area contributed by atoms with Gasteiger partial charge in [0.1, 0.15) is 0 Å². The molecule has 0 aliphatic carbocycles. The summed E-state index contributed by atoms with van der Waals surface area (Å²) < 4.78 is 5.34. The quantitative estimate of drug-likeness (QED) is 0.585. The minimum absolute atomic E-state index is 0.251. The van der Waals surface area contributed by atoms with E-state index in [4.69, 9.17) is 4.74 Å². The van der Waals surface area contributed by atoms with E-state index in [-0.39, 0.29) is 5.56 Å². The molecule has 126 valence electrons. The molecule has 1 aromatic heterocycles. The summed E-state index contributed by atoms with van der Waals surface area (Å²) in [5, 5.41) is 0.504. The first-order valence-electron chi connectivity index (χ1n) is 7.98. The largest absolute Gasteiger partial charge is 0.451 e. The molecule has 1 N–H and O–H groups in total. The number of aromatic amines is 1. The lowest BCUT2D eigenvalue weighted by Gasteiger charge is -2.11. The Hall–Kier alpha value is -3.21. The van der Waals surface area contributed by atoms with Crippen LogP contribution in [0.2, 0.25) is 0 Å². The lowest BCUT2D eigenvalue weighted by Crippen LogP contribution is -2.16. The minimum Gasteiger partial charge on any atom is -0.451 e. The number of nitrogens with one attached hydrogen (secondary N) is 1. The number of hydrogen-bond acceptors (Lipinski definition) is 4. The number of carbonyl (C=O) groups excluding carboxylic acids is 1. The molecule has 0 spiro atoms. The molecule has 0 fully saturated rings. The van der Waals surface area contributed by atoms with Gasteiger partial charge in [0.25, 0.3) is 5.56 Å². The monoisotopic (exact) mass is 334 g/mol. The van der Waals surface area contributed by atoms with Gasteiger partial charge in [-0.2, -0.15) is 0 Å². The average Bonchev–Trinajstić information content (AvgIpc) is 2.61. The maximum Gasteiger partial charge on any atom is 0.331 e. The molecule has 5 heteroatoms. The highest BCUT2D eigenvalue weighted by atomic mass is 16.5. The molecule has 0 bridgehead atoms. The van der Waals surface area contributed by atoms with E-state index in [9.17, 15) is 9.59 Å². The number of benzene rings is 2. The summed E-state index contributed by atoms with van der Waals surface area (Å²) in [7, 11) is 0. The number of para-hydroxylation sites is 1. The third-order valence-corrected chi connectivity index (χ3v) is 3.90. The molecular formula is C20H18N2O3. The van der Waals surface area contributed by atoms with Crippen LogP contribution in [0.1, 0.15) is 30.0 Å². The van der Waals surface area contributed by atoms with Gasteiger partial charge in [0.05, 0.1) is 10.9 Å². The Morgan fingerprint density at radius 2 is 1.88 bits per heavy atom. The van der Waals surface area contributed by atoms with Crippen molar-refractivity contribution in [2.24, 2.45) is 0 Å². The lowest BCUT2D eigenvalue weighted by atomic mass is 10.1. The molecule has 2 aromatic carbocycles. The number of esters is 1. The van der Waals surface area contributed by atoms with E-state index in [2.05, 4.69) is 9.97 Å². The fraction of sp³-hybridized carbons (Fsp3) is 0.150. The van der Waals surface area contributed by atoms with Crippen LogP contribution in [-0.4, -0.2) is 15.9 Å². The Balaban J connectivity index is 1.76. The molecule has 0 aliphatic rings. The highest BCUT2D eigenvalue weighted by Crippen LogP contribution is 2.15. The smallest absolute Gasteiger partial charge is 0.331 e. The molecule has 1 atom stereocenters. The molecule has 1 heterocycles. The summed E-state index contributed by atoms with van der Waals surface area (Å²) in [5.74, 6) is -0.173. The number of H-pyrrole nitrogens is 1. The second kappa shape index (κ2) is 7.13. The number of hydrogen-bond donors (Lipinski definition) is 1. The van der Waals surface area contributed by atoms with Crippen LogP contribution in [0, 0.1) is 6.92 Å². The van der Waals surface area contributed by atoms with E-state index in [1.54, 1.807) is 37.3 Å². The Morgan fingerprint density at radius 3 is 2.68 bits per heavy atom. The van der Waals surface area contributed by atoms with Gasteiger partial charge in [-0.15, -0.1) is 0 Å². The van der Waals surface area contributed by atoms with Crippen molar-refractivity contribution in [3.8, 4) is 0 Å². The van der Waals surface area contributed by atoms with Gasteiger partial charge >= 0.3 is 5.97 Å². The van der Waals surface area contributed by atoms with Crippen molar-refractivity contribution < 1.29 is 9.53 Å². The zero-order chi connectivity index (χ0) is 17.8. The zero-order valence-electron chi connectivity index (χ0n) is 14.0. The van der Waals surface area contributed by atoms with Gasteiger partial charge in [-0.05, 0) is 43.2 Å². The molecule has 0 unspecified atom stereocenters. The van der Waals surface area contributed by atoms with Gasteiger partial charge in [0, 0.05) is 6.08 Å². The van der Waals surface area contributed by atoms with Gasteiger partial charge in [0.15, 0.2) is 11.9 Å². The fourth-order valence-electron chi connectivity index (χ4n) is 2.50. The normalized spacial score (nSPS) is 12.4. The second-order valence-corrected chi connectivity index (χ2v) is 5.74. The van der Waals surface area contributed by atoms with E-state index < -0.39 is 12.1 Å². The maximum absolute atomic E-state index is 12.1. The molecule has 25 heavy (non-hydrogen) atoms. The van der Waals surface area contributed by atoms with E-state index in [0.29, 0.717) is 16.7 Å². The lowest BCUT2D eigenvalue weighted by molar-refractivity contribution is -0.142. The van der Waals surface area contributed by atoms with Crippen LogP contribution in [0.5, 0.6) is 0 Å². The third-order valence-electron chi connectivity index (χ3n) is 3.90. The third kappa shape index (κ3) is 3.83. The highest BCUT2D eigenvalue weighted by Gasteiger charge is 2.14. The Labute approximate surface area is 145 Å². The van der Waals surface area contributed by atoms with Crippen LogP contribution < -0.4 is 5.56 Å². The standard InChI is InChI=1S/C20H18N2O3/c1-13-7-3-4-8-15(13)11-12-18(23)25-14(2)19-21-17-10-6-5-9-16(17)20(24)22-19/h3-12,14H,1-2H3,(H,21,22,24)/b12-11+/t14-/m0/s1. The average molecular weight is 334 g/mol. The predicted molar refractivity (Wildman–Crippen MR) is 97.1 cm³/mol. The number of rotatable bonds is 4. The number of fused-ring (bicyclic) bond motifs is 1. The first kappa shape index (κ1) is 16.6. The topological polar surface area (TPSA) is 72.0 Å². The molecule has 0 saturated heterocycles. The molecule has 3 aromatic rings. The van der Waals surface area contributed by atoms with Gasteiger partial charge in [-0.1, -0.05) is 36.4 Å². The number of nitrogens with zero attached hydrogens (tertiary/aromatic N) is 1. The summed E-state index contributed by atoms with van der Waals surface area (Å²) >= 11 is 0. The van der Waals surface area contributed by atoms with E-state index in [1.165, 1.54) is 6.08 Å². The van der Waals surface area contributed by atoms with E-state index in [0.717, 1.165) is 11.1 Å². The van der Waals surface area contributed by atoms with Crippen LogP contribution >= 0.6 is 0 Å². The van der Waals surface area contributed by atoms with Crippen LogP contribution in [0.15, 0.2) is 59.4 Å². The van der Waals surface area contributed by atoms with Gasteiger partial charge in [0.2, 0.25) is 0 Å². The van der Waals surface area contributed by atoms with E-state index >= 15 is 0 Å². The summed E-state index contributed by atoms with van der Waals surface area (Å²) in [6.07, 6.45) is 2.42. The fourth-order valence-corrected chi connectivity index (χ4v) is 2.50. The molecule has 0 radical (unpaired) electrons. The number of carbonyl (C=O) groups is 1. The first-order valence-corrected chi connectivity index (χ1v) is 7.98. The first-order chi connectivity index (χ1) is 12.0. The van der Waals surface area contributed by atoms with Crippen LogP contribution in [-0.2, 0) is 9.53 Å². The molecule has 0 saturated carbocycles. The Morgan fingerprint density at radius 1 is 1.16 bits per heavy atom. The number of aromatic nitrogens is 2. The highest BCUT2D eigenvalue weighted by molar-refractivity contribution is 5.87. The van der Waals surface area contributed by atoms with Crippen molar-refractivity contribution >= 4 is 22.9 Å². The zero-order valence-corrected chi connectivity index (χ0v) is 14.0. The second-order valence-electron chi connectivity index (χ2n) is 5.74. The Bertz CT molecular complexity index is 1000. The van der Waals surface area contributed by atoms with Crippen molar-refractivity contribution in [1.82, 2.24) is 9.97 Å². The van der Waals surface area contributed by atoms with Crippen molar-refractivity contribution in [3.05, 3.63) is 81.9 Å². The molecule has 0 amide bonds. The maximum atomic E-state index is 12.1. The molecule has 3 rings (SSSR count). The molecular weight excluding hydrogens is 316 g/mol. The van der Waals surface area contributed by atoms with Gasteiger partial charge in [-0.3, -0.25) is 4.79 Å². The summed E-state index contributed by atoms with van der Waals surface area (Å²) in [6, 6.07) is 14.8. The summed E-state index contributed by atoms with van der Waals surface area (Å²) in [4.78, 5) is 31.2. The molecule has 5 nitrogen and oxygen atoms in total. The van der Waals surface area contributed by atoms with E-state index in [1.807, 2.05) is 31.2 Å². The predicted octanol–water partition coefficient (Wildman–Crippen LogP) is 3.55. The van der Waals surface area contributed by atoms with Gasteiger partial charge < -0.3 is 9.72 Å². The van der Waals surface area contributed by atoms with Crippen LogP contribution in [0.4, 0.5) is 0 Å². The van der Waals surface area contributed by atoms with Crippen LogP contribution in [0.3, 0.4) is 0 Å². The SMILES string of the molecule is Cc1ccccc1/C=C/C(=O)O[C@@H](C)c1nc2ccccc2c(=O)[nH]1. The van der Waals surface area contributed by atoms with Crippen molar-refractivity contribution in [1.29, 1.82) is 0 Å². The number of ether oxygens (including phenoxy) is 1. The minimum atomic E-state index is -0.661. The molecule has 0 aliphatic heterocycles. The number of aryl methyl sites for hydroxylation is 1. The summed E-state index contributed by atoms with van der Waals surface area (Å²) in [6.45, 7) is 3.64. The van der Waals surface area contributed by atoms with Crippen molar-refractivity contribution in [2.45, 2.75) is 20.0 Å². The van der Waals surface area contributed by atoms with Crippen molar-refractivity contribution in [3.63, 3.8) is 0 Å². The summed E-state index contributed by atoms with van der Waals surface area (Å²) in [5.41, 5.74) is 2.34. The Kier molecular flexibility index (Phi) is 4.75.